The van der Waals surface area contributed by atoms with E-state index in [1.807, 2.05) is 0 Å². The second-order valence-corrected chi connectivity index (χ2v) is 4.84. The van der Waals surface area contributed by atoms with Gasteiger partial charge in [-0.15, -0.1) is 0 Å². The molecule has 1 N–H and O–H groups in total. The van der Waals surface area contributed by atoms with Crippen LogP contribution in [0, 0.1) is 0 Å². The first-order valence-electron chi connectivity index (χ1n) is 6.26. The Bertz CT molecular complexity index is 279. The van der Waals surface area contributed by atoms with Crippen molar-refractivity contribution < 1.29 is 9.59 Å². The molecule has 98 valence electrons. The molecule has 0 atom stereocenters. The van der Waals surface area contributed by atoms with Crippen LogP contribution in [0.4, 0.5) is 0 Å². The Balaban J connectivity index is 2.38. The summed E-state index contributed by atoms with van der Waals surface area (Å²) in [6.45, 7) is 6.45. The van der Waals surface area contributed by atoms with Gasteiger partial charge < -0.3 is 15.1 Å². The molecule has 17 heavy (non-hydrogen) atoms. The summed E-state index contributed by atoms with van der Waals surface area (Å²) in [5, 5.41) is 3.21. The van der Waals surface area contributed by atoms with Crippen LogP contribution in [0.2, 0.25) is 0 Å². The predicted octanol–water partition coefficient (Wildman–Crippen LogP) is 0.0652. The van der Waals surface area contributed by atoms with Crippen LogP contribution in [-0.2, 0) is 9.59 Å². The fourth-order valence-corrected chi connectivity index (χ4v) is 1.83. The third-order valence-corrected chi connectivity index (χ3v) is 2.92. The number of amides is 2. The maximum Gasteiger partial charge on any atom is 0.241 e. The standard InChI is InChI=1S/C12H23N3O2/c1-10(2)13-6-5-11(16)15-8-4-7-14(3)12(17)9-15/h10,13H,4-9H2,1-3H3. The van der Waals surface area contributed by atoms with Gasteiger partial charge in [-0.1, -0.05) is 13.8 Å². The summed E-state index contributed by atoms with van der Waals surface area (Å²) in [5.41, 5.74) is 0. The van der Waals surface area contributed by atoms with Gasteiger partial charge in [0.25, 0.3) is 0 Å². The maximum absolute atomic E-state index is 11.9. The van der Waals surface area contributed by atoms with Crippen molar-refractivity contribution in [2.24, 2.45) is 0 Å². The summed E-state index contributed by atoms with van der Waals surface area (Å²) in [7, 11) is 1.79. The lowest BCUT2D eigenvalue weighted by Gasteiger charge is -2.20. The molecule has 1 aliphatic heterocycles. The molecule has 0 aromatic rings. The highest BCUT2D eigenvalue weighted by Crippen LogP contribution is 2.04. The van der Waals surface area contributed by atoms with Gasteiger partial charge in [0.15, 0.2) is 0 Å². The average Bonchev–Trinajstić information content (AvgIpc) is 2.41. The monoisotopic (exact) mass is 241 g/mol. The van der Waals surface area contributed by atoms with Gasteiger partial charge in [0.05, 0.1) is 6.54 Å². The normalized spacial score (nSPS) is 17.5. The first-order chi connectivity index (χ1) is 8.00. The molecule has 0 aliphatic carbocycles. The van der Waals surface area contributed by atoms with Crippen LogP contribution >= 0.6 is 0 Å². The molecule has 0 unspecified atom stereocenters. The number of nitrogens with zero attached hydrogens (tertiary/aromatic N) is 2. The molecule has 0 bridgehead atoms. The van der Waals surface area contributed by atoms with E-state index in [0.29, 0.717) is 25.6 Å². The van der Waals surface area contributed by atoms with Crippen molar-refractivity contribution in [3.63, 3.8) is 0 Å². The van der Waals surface area contributed by atoms with E-state index in [4.69, 9.17) is 0 Å². The zero-order valence-corrected chi connectivity index (χ0v) is 11.0. The molecule has 0 radical (unpaired) electrons. The van der Waals surface area contributed by atoms with Crippen molar-refractivity contribution in [3.8, 4) is 0 Å². The van der Waals surface area contributed by atoms with E-state index in [9.17, 15) is 9.59 Å². The van der Waals surface area contributed by atoms with Crippen molar-refractivity contribution in [1.29, 1.82) is 0 Å². The smallest absolute Gasteiger partial charge is 0.241 e. The molecule has 1 rings (SSSR count). The lowest BCUT2D eigenvalue weighted by atomic mass is 10.3. The summed E-state index contributed by atoms with van der Waals surface area (Å²) >= 11 is 0. The van der Waals surface area contributed by atoms with E-state index in [-0.39, 0.29) is 18.4 Å². The second kappa shape index (κ2) is 6.59. The van der Waals surface area contributed by atoms with Crippen LogP contribution in [0.3, 0.4) is 0 Å². The Morgan fingerprint density at radius 2 is 2.12 bits per heavy atom. The highest BCUT2D eigenvalue weighted by Gasteiger charge is 2.22. The molecular weight excluding hydrogens is 218 g/mol. The van der Waals surface area contributed by atoms with Crippen LogP contribution in [0.25, 0.3) is 0 Å². The topological polar surface area (TPSA) is 52.7 Å². The molecule has 1 aliphatic rings. The Morgan fingerprint density at radius 1 is 1.41 bits per heavy atom. The summed E-state index contributed by atoms with van der Waals surface area (Å²) < 4.78 is 0. The molecule has 1 heterocycles. The minimum Gasteiger partial charge on any atom is -0.344 e. The van der Waals surface area contributed by atoms with Gasteiger partial charge >= 0.3 is 0 Å². The van der Waals surface area contributed by atoms with Crippen LogP contribution in [-0.4, -0.2) is 60.9 Å². The quantitative estimate of drug-likeness (QED) is 0.757. The van der Waals surface area contributed by atoms with E-state index in [1.165, 1.54) is 0 Å². The zero-order chi connectivity index (χ0) is 12.8. The van der Waals surface area contributed by atoms with Gasteiger partial charge in [0.1, 0.15) is 0 Å². The molecule has 0 aromatic carbocycles. The first kappa shape index (κ1) is 14.0. The summed E-state index contributed by atoms with van der Waals surface area (Å²) in [5.74, 6) is 0.106. The number of carbonyl (C=O) groups is 2. The lowest BCUT2D eigenvalue weighted by molar-refractivity contribution is -0.138. The van der Waals surface area contributed by atoms with E-state index in [1.54, 1.807) is 16.8 Å². The van der Waals surface area contributed by atoms with Gasteiger partial charge in [0.2, 0.25) is 11.8 Å². The molecule has 0 spiro atoms. The number of likely N-dealkylation sites (N-methyl/N-ethyl adjacent to an activating group) is 1. The van der Waals surface area contributed by atoms with Crippen molar-refractivity contribution >= 4 is 11.8 Å². The fourth-order valence-electron chi connectivity index (χ4n) is 1.83. The van der Waals surface area contributed by atoms with Crippen molar-refractivity contribution in [2.75, 3.05) is 33.2 Å². The lowest BCUT2D eigenvalue weighted by Crippen LogP contribution is -2.39. The summed E-state index contributed by atoms with van der Waals surface area (Å²) in [4.78, 5) is 26.9. The van der Waals surface area contributed by atoms with E-state index in [2.05, 4.69) is 19.2 Å². The van der Waals surface area contributed by atoms with E-state index in [0.717, 1.165) is 13.0 Å². The molecule has 1 saturated heterocycles. The Hall–Kier alpha value is -1.10. The molecule has 0 saturated carbocycles. The zero-order valence-electron chi connectivity index (χ0n) is 11.0. The molecule has 2 amide bonds. The second-order valence-electron chi connectivity index (χ2n) is 4.84. The number of hydrogen-bond donors (Lipinski definition) is 1. The number of rotatable bonds is 4. The average molecular weight is 241 g/mol. The van der Waals surface area contributed by atoms with Crippen LogP contribution in [0.5, 0.6) is 0 Å². The van der Waals surface area contributed by atoms with Crippen molar-refractivity contribution in [2.45, 2.75) is 32.7 Å². The van der Waals surface area contributed by atoms with Crippen molar-refractivity contribution in [3.05, 3.63) is 0 Å². The highest BCUT2D eigenvalue weighted by molar-refractivity contribution is 5.85. The van der Waals surface area contributed by atoms with Crippen LogP contribution in [0.1, 0.15) is 26.7 Å². The van der Waals surface area contributed by atoms with Gasteiger partial charge in [-0.3, -0.25) is 9.59 Å². The molecular formula is C12H23N3O2. The minimum absolute atomic E-state index is 0.0349. The predicted molar refractivity (Wildman–Crippen MR) is 66.6 cm³/mol. The number of carbonyl (C=O) groups excluding carboxylic acids is 2. The Labute approximate surface area is 103 Å². The fraction of sp³-hybridized carbons (Fsp3) is 0.833. The highest BCUT2D eigenvalue weighted by atomic mass is 16.2. The van der Waals surface area contributed by atoms with Gasteiger partial charge in [-0.05, 0) is 6.42 Å². The van der Waals surface area contributed by atoms with Gasteiger partial charge in [-0.2, -0.15) is 0 Å². The van der Waals surface area contributed by atoms with Crippen LogP contribution in [0.15, 0.2) is 0 Å². The van der Waals surface area contributed by atoms with Crippen LogP contribution < -0.4 is 5.32 Å². The SMILES string of the molecule is CC(C)NCCC(=O)N1CCCN(C)C(=O)C1. The largest absolute Gasteiger partial charge is 0.344 e. The number of nitrogens with one attached hydrogen (secondary N) is 1. The maximum atomic E-state index is 11.9. The summed E-state index contributed by atoms with van der Waals surface area (Å²) in [6, 6.07) is 0.389. The van der Waals surface area contributed by atoms with E-state index >= 15 is 0 Å². The minimum atomic E-state index is 0.0349. The molecule has 1 fully saturated rings. The number of hydrogen-bond acceptors (Lipinski definition) is 3. The Kier molecular flexibility index (Phi) is 5.41. The Morgan fingerprint density at radius 3 is 2.76 bits per heavy atom. The van der Waals surface area contributed by atoms with E-state index < -0.39 is 0 Å². The third kappa shape index (κ3) is 4.73. The molecule has 5 nitrogen and oxygen atoms in total. The summed E-state index contributed by atoms with van der Waals surface area (Å²) in [6.07, 6.45) is 1.33. The molecule has 0 aromatic heterocycles. The first-order valence-corrected chi connectivity index (χ1v) is 6.26. The van der Waals surface area contributed by atoms with Crippen molar-refractivity contribution in [1.82, 2.24) is 15.1 Å². The van der Waals surface area contributed by atoms with Gasteiger partial charge in [0, 0.05) is 39.1 Å². The third-order valence-electron chi connectivity index (χ3n) is 2.92. The van der Waals surface area contributed by atoms with Gasteiger partial charge in [-0.25, -0.2) is 0 Å². The molecule has 5 heteroatoms.